The average Bonchev–Trinajstić information content (AvgIpc) is 3.01. The fourth-order valence-corrected chi connectivity index (χ4v) is 1.86. The highest BCUT2D eigenvalue weighted by molar-refractivity contribution is 5.34. The van der Waals surface area contributed by atoms with Crippen molar-refractivity contribution >= 4 is 0 Å². The topological polar surface area (TPSA) is 107 Å². The second-order valence-electron chi connectivity index (χ2n) is 4.30. The van der Waals surface area contributed by atoms with Crippen molar-refractivity contribution in [2.24, 2.45) is 5.11 Å². The number of nitrogens with zero attached hydrogens (tertiary/aromatic N) is 5. The highest BCUT2D eigenvalue weighted by Gasteiger charge is 2.17. The molecule has 1 heterocycles. The van der Waals surface area contributed by atoms with Crippen LogP contribution < -0.4 is 0 Å². The van der Waals surface area contributed by atoms with E-state index in [0.29, 0.717) is 5.56 Å². The Morgan fingerprint density at radius 1 is 1.30 bits per heavy atom. The van der Waals surface area contributed by atoms with Gasteiger partial charge in [-0.15, -0.1) is 0 Å². The Bertz CT molecular complexity index is 575. The van der Waals surface area contributed by atoms with Crippen LogP contribution in [0.15, 0.2) is 47.8 Å². The molecule has 0 saturated heterocycles. The first-order valence-corrected chi connectivity index (χ1v) is 6.19. The molecule has 0 amide bonds. The molecule has 2 unspecified atom stereocenters. The summed E-state index contributed by atoms with van der Waals surface area (Å²) in [4.78, 5) is 2.60. The summed E-state index contributed by atoms with van der Waals surface area (Å²) >= 11 is 0. The maximum Gasteiger partial charge on any atom is 0.105 e. The normalized spacial score (nSPS) is 13.5. The van der Waals surface area contributed by atoms with Gasteiger partial charge in [-0.2, -0.15) is 5.10 Å². The molecule has 0 aliphatic carbocycles. The van der Waals surface area contributed by atoms with Crippen LogP contribution in [0.3, 0.4) is 0 Å². The molecule has 0 saturated carbocycles. The van der Waals surface area contributed by atoms with Crippen LogP contribution in [0.4, 0.5) is 0 Å². The molecule has 7 nitrogen and oxygen atoms in total. The standard InChI is InChI=1S/C13H15N5O2/c14-17-15-8-6-12(19)13(20)10-2-4-11(5-3-10)18-9-1-7-16-18/h1-5,7,9,12-13,19-20H,6,8H2. The van der Waals surface area contributed by atoms with Crippen LogP contribution in [0.1, 0.15) is 18.1 Å². The number of aromatic nitrogens is 2. The van der Waals surface area contributed by atoms with Crippen LogP contribution in [0.25, 0.3) is 16.1 Å². The molecule has 0 fully saturated rings. The Hall–Kier alpha value is -2.34. The van der Waals surface area contributed by atoms with Gasteiger partial charge in [0.05, 0.1) is 11.8 Å². The van der Waals surface area contributed by atoms with Crippen molar-refractivity contribution in [1.82, 2.24) is 9.78 Å². The third-order valence-electron chi connectivity index (χ3n) is 2.96. The summed E-state index contributed by atoms with van der Waals surface area (Å²) in [6.07, 6.45) is 1.75. The van der Waals surface area contributed by atoms with Gasteiger partial charge in [0.25, 0.3) is 0 Å². The minimum atomic E-state index is -1.00. The Morgan fingerprint density at radius 2 is 2.05 bits per heavy atom. The van der Waals surface area contributed by atoms with Crippen molar-refractivity contribution in [3.63, 3.8) is 0 Å². The summed E-state index contributed by atoms with van der Waals surface area (Å²) in [5, 5.41) is 27.2. The van der Waals surface area contributed by atoms with Crippen molar-refractivity contribution < 1.29 is 10.2 Å². The van der Waals surface area contributed by atoms with E-state index in [1.54, 1.807) is 23.0 Å². The molecule has 1 aromatic carbocycles. The Balaban J connectivity index is 2.03. The fraction of sp³-hybridized carbons (Fsp3) is 0.308. The minimum Gasteiger partial charge on any atom is -0.390 e. The zero-order valence-electron chi connectivity index (χ0n) is 10.7. The highest BCUT2D eigenvalue weighted by Crippen LogP contribution is 2.20. The Kier molecular flexibility index (Phi) is 4.73. The molecule has 20 heavy (non-hydrogen) atoms. The molecule has 2 rings (SSSR count). The largest absolute Gasteiger partial charge is 0.390 e. The van der Waals surface area contributed by atoms with E-state index in [9.17, 15) is 10.2 Å². The first-order chi connectivity index (χ1) is 9.72. The first kappa shape index (κ1) is 14.1. The summed E-state index contributed by atoms with van der Waals surface area (Å²) in [6, 6.07) is 8.91. The van der Waals surface area contributed by atoms with E-state index in [1.165, 1.54) is 0 Å². The zero-order chi connectivity index (χ0) is 14.4. The molecule has 7 heteroatoms. The van der Waals surface area contributed by atoms with Crippen LogP contribution in [0, 0.1) is 0 Å². The lowest BCUT2D eigenvalue weighted by atomic mass is 10.0. The fourth-order valence-electron chi connectivity index (χ4n) is 1.86. The van der Waals surface area contributed by atoms with Gasteiger partial charge in [-0.3, -0.25) is 0 Å². The van der Waals surface area contributed by atoms with Gasteiger partial charge in [0, 0.05) is 23.9 Å². The zero-order valence-corrected chi connectivity index (χ0v) is 10.7. The highest BCUT2D eigenvalue weighted by atomic mass is 16.3. The van der Waals surface area contributed by atoms with Crippen molar-refractivity contribution in [1.29, 1.82) is 0 Å². The number of aliphatic hydroxyl groups excluding tert-OH is 2. The summed E-state index contributed by atoms with van der Waals surface area (Å²) in [6.45, 7) is 0.153. The van der Waals surface area contributed by atoms with Gasteiger partial charge < -0.3 is 10.2 Å². The summed E-state index contributed by atoms with van der Waals surface area (Å²) in [5.74, 6) is 0. The second-order valence-corrected chi connectivity index (χ2v) is 4.30. The molecule has 0 spiro atoms. The molecule has 0 radical (unpaired) electrons. The van der Waals surface area contributed by atoms with Crippen molar-refractivity contribution in [2.45, 2.75) is 18.6 Å². The molecule has 2 N–H and O–H groups in total. The van der Waals surface area contributed by atoms with E-state index in [-0.39, 0.29) is 13.0 Å². The minimum absolute atomic E-state index is 0.153. The Labute approximate surface area is 115 Å². The molecular weight excluding hydrogens is 258 g/mol. The van der Waals surface area contributed by atoms with Crippen molar-refractivity contribution in [3.8, 4) is 5.69 Å². The predicted molar refractivity (Wildman–Crippen MR) is 73.2 cm³/mol. The molecule has 2 atom stereocenters. The summed E-state index contributed by atoms with van der Waals surface area (Å²) in [7, 11) is 0. The van der Waals surface area contributed by atoms with Gasteiger partial charge in [0.15, 0.2) is 0 Å². The van der Waals surface area contributed by atoms with Gasteiger partial charge in [-0.1, -0.05) is 17.2 Å². The first-order valence-electron chi connectivity index (χ1n) is 6.19. The predicted octanol–water partition coefficient (Wildman–Crippen LogP) is 1.97. The maximum atomic E-state index is 10.0. The van der Waals surface area contributed by atoms with E-state index < -0.39 is 12.2 Å². The number of hydrogen-bond acceptors (Lipinski definition) is 4. The van der Waals surface area contributed by atoms with E-state index in [2.05, 4.69) is 15.1 Å². The van der Waals surface area contributed by atoms with E-state index in [0.717, 1.165) is 5.69 Å². The molecule has 0 aliphatic heterocycles. The summed E-state index contributed by atoms with van der Waals surface area (Å²) in [5.41, 5.74) is 9.64. The maximum absolute atomic E-state index is 10.0. The van der Waals surface area contributed by atoms with E-state index in [4.69, 9.17) is 5.53 Å². The monoisotopic (exact) mass is 273 g/mol. The van der Waals surface area contributed by atoms with E-state index >= 15 is 0 Å². The third-order valence-corrected chi connectivity index (χ3v) is 2.96. The smallest absolute Gasteiger partial charge is 0.105 e. The number of azide groups is 1. The lowest BCUT2D eigenvalue weighted by Crippen LogP contribution is -2.19. The van der Waals surface area contributed by atoms with Crippen LogP contribution in [0.2, 0.25) is 0 Å². The van der Waals surface area contributed by atoms with Crippen LogP contribution in [-0.4, -0.2) is 32.6 Å². The van der Waals surface area contributed by atoms with Gasteiger partial charge in [0.1, 0.15) is 6.10 Å². The molecule has 1 aromatic heterocycles. The third kappa shape index (κ3) is 3.36. The summed E-state index contributed by atoms with van der Waals surface area (Å²) < 4.78 is 1.70. The van der Waals surface area contributed by atoms with Crippen LogP contribution in [0.5, 0.6) is 0 Å². The average molecular weight is 273 g/mol. The van der Waals surface area contributed by atoms with Crippen LogP contribution >= 0.6 is 0 Å². The lowest BCUT2D eigenvalue weighted by molar-refractivity contribution is 0.0150. The van der Waals surface area contributed by atoms with Gasteiger partial charge in [-0.05, 0) is 35.7 Å². The van der Waals surface area contributed by atoms with Crippen molar-refractivity contribution in [2.75, 3.05) is 6.54 Å². The van der Waals surface area contributed by atoms with Crippen LogP contribution in [-0.2, 0) is 0 Å². The number of benzene rings is 1. The van der Waals surface area contributed by atoms with Gasteiger partial charge >= 0.3 is 0 Å². The second kappa shape index (κ2) is 6.72. The Morgan fingerprint density at radius 3 is 2.65 bits per heavy atom. The number of rotatable bonds is 6. The van der Waals surface area contributed by atoms with Crippen molar-refractivity contribution in [3.05, 3.63) is 58.7 Å². The molecule has 0 bridgehead atoms. The van der Waals surface area contributed by atoms with E-state index in [1.807, 2.05) is 24.4 Å². The number of aliphatic hydroxyl groups is 2. The SMILES string of the molecule is [N-]=[N+]=NCCC(O)C(O)c1ccc(-n2cccn2)cc1. The quantitative estimate of drug-likeness (QED) is 0.477. The molecule has 0 aliphatic rings. The lowest BCUT2D eigenvalue weighted by Gasteiger charge is -2.17. The molecule has 2 aromatic rings. The number of hydrogen-bond donors (Lipinski definition) is 2. The molecular formula is C13H15N5O2. The van der Waals surface area contributed by atoms with Gasteiger partial charge in [0.2, 0.25) is 0 Å². The van der Waals surface area contributed by atoms with Gasteiger partial charge in [-0.25, -0.2) is 4.68 Å². The molecule has 104 valence electrons.